The van der Waals surface area contributed by atoms with Crippen molar-refractivity contribution >= 4 is 35.3 Å². The summed E-state index contributed by atoms with van der Waals surface area (Å²) in [6.45, 7) is 20.9. The molecule has 5 amide bonds. The van der Waals surface area contributed by atoms with Crippen LogP contribution in [-0.4, -0.2) is 77.5 Å². The third-order valence-electron chi connectivity index (χ3n) is 9.45. The molecule has 1 aromatic carbocycles. The number of hydrogen-bond acceptors (Lipinski definition) is 6. The third-order valence-corrected chi connectivity index (χ3v) is 9.45. The molecule has 2 aliphatic rings. The monoisotopic (exact) mass is 651 g/mol. The zero-order valence-corrected chi connectivity index (χ0v) is 29.4. The lowest BCUT2D eigenvalue weighted by molar-refractivity contribution is -0.145. The third kappa shape index (κ3) is 8.48. The number of rotatable bonds is 13. The first-order valence-corrected chi connectivity index (χ1v) is 16.5. The molecular formula is C36H53N5O6. The minimum Gasteiger partial charge on any atom is -0.346 e. The number of amides is 5. The Hall–Kier alpha value is -4.02. The van der Waals surface area contributed by atoms with Crippen molar-refractivity contribution in [2.45, 2.75) is 99.3 Å². The van der Waals surface area contributed by atoms with Gasteiger partial charge in [0, 0.05) is 18.7 Å². The number of ketones is 2. The van der Waals surface area contributed by atoms with Gasteiger partial charge in [-0.05, 0) is 34.5 Å². The van der Waals surface area contributed by atoms with Gasteiger partial charge in [0.1, 0.15) is 12.1 Å². The summed E-state index contributed by atoms with van der Waals surface area (Å²) in [7, 11) is 0. The van der Waals surface area contributed by atoms with Crippen LogP contribution in [0.1, 0.15) is 85.5 Å². The highest BCUT2D eigenvalue weighted by Crippen LogP contribution is 2.65. The quantitative estimate of drug-likeness (QED) is 0.145. The van der Waals surface area contributed by atoms with Gasteiger partial charge in [-0.3, -0.25) is 24.0 Å². The van der Waals surface area contributed by atoms with Gasteiger partial charge in [-0.1, -0.05) is 105 Å². The van der Waals surface area contributed by atoms with Crippen LogP contribution >= 0.6 is 0 Å². The van der Waals surface area contributed by atoms with Crippen LogP contribution in [0.5, 0.6) is 0 Å². The molecule has 6 atom stereocenters. The van der Waals surface area contributed by atoms with Gasteiger partial charge in [0.2, 0.25) is 17.6 Å². The number of benzene rings is 1. The van der Waals surface area contributed by atoms with Crippen molar-refractivity contribution < 1.29 is 28.8 Å². The van der Waals surface area contributed by atoms with Crippen molar-refractivity contribution in [2.75, 3.05) is 13.1 Å². The molecule has 2 fully saturated rings. The summed E-state index contributed by atoms with van der Waals surface area (Å²) in [6.07, 6.45) is 2.26. The molecular weight excluding hydrogens is 598 g/mol. The molecule has 0 bridgehead atoms. The van der Waals surface area contributed by atoms with Crippen LogP contribution in [0.25, 0.3) is 0 Å². The second-order valence-electron chi connectivity index (χ2n) is 15.5. The molecule has 1 aliphatic carbocycles. The number of urea groups is 1. The lowest BCUT2D eigenvalue weighted by Gasteiger charge is -2.38. The maximum absolute atomic E-state index is 14.3. The molecule has 11 nitrogen and oxygen atoms in total. The fraction of sp³-hybridized carbons (Fsp3) is 0.611. The average molecular weight is 652 g/mol. The highest BCUT2D eigenvalue weighted by atomic mass is 16.2. The molecule has 3 unspecified atom stereocenters. The van der Waals surface area contributed by atoms with E-state index < -0.39 is 64.5 Å². The standard InChI is InChI=1S/C36H53N5O6/c1-11-16-23(27(43)31(45)37-19-12-2)38-30(44)25-24-22(36(24,9)10)20-41(25)32(46)29(35(6,7)8)40-33(47)39-28(34(3,4)5)26(42)21-17-14-13-15-18-21/h12-15,17-18,22-25,28-29H,2,11,16,19-20H2,1,3-10H3,(H,37,45)(H,38,44)(H2,39,40,47)/t22?,23?,24-,25-,28?,29+/m0/s1. The van der Waals surface area contributed by atoms with Gasteiger partial charge in [-0.25, -0.2) is 4.79 Å². The first-order chi connectivity index (χ1) is 21.8. The number of hydrogen-bond donors (Lipinski definition) is 4. The topological polar surface area (TPSA) is 154 Å². The highest BCUT2D eigenvalue weighted by molar-refractivity contribution is 6.38. The zero-order chi connectivity index (χ0) is 35.5. The summed E-state index contributed by atoms with van der Waals surface area (Å²) in [4.78, 5) is 82.1. The average Bonchev–Trinajstić information content (AvgIpc) is 3.30. The Kier molecular flexibility index (Phi) is 11.5. The fourth-order valence-electron chi connectivity index (χ4n) is 6.60. The van der Waals surface area contributed by atoms with Crippen molar-refractivity contribution in [1.82, 2.24) is 26.2 Å². The molecule has 0 radical (unpaired) electrons. The van der Waals surface area contributed by atoms with E-state index in [0.717, 1.165) is 0 Å². The number of carbonyl (C=O) groups is 6. The molecule has 0 aromatic heterocycles. The molecule has 4 N–H and O–H groups in total. The van der Waals surface area contributed by atoms with Gasteiger partial charge < -0.3 is 26.2 Å². The normalized spacial score (nSPS) is 21.7. The Morgan fingerprint density at radius 2 is 1.51 bits per heavy atom. The Balaban J connectivity index is 1.85. The Labute approximate surface area is 279 Å². The fourth-order valence-corrected chi connectivity index (χ4v) is 6.60. The van der Waals surface area contributed by atoms with E-state index >= 15 is 0 Å². The second-order valence-corrected chi connectivity index (χ2v) is 15.5. The Morgan fingerprint density at radius 3 is 2.04 bits per heavy atom. The van der Waals surface area contributed by atoms with Crippen molar-refractivity contribution in [3.05, 3.63) is 48.6 Å². The van der Waals surface area contributed by atoms with Gasteiger partial charge in [0.25, 0.3) is 5.91 Å². The molecule has 1 heterocycles. The highest BCUT2D eigenvalue weighted by Gasteiger charge is 2.70. The van der Waals surface area contributed by atoms with E-state index in [1.165, 1.54) is 11.0 Å². The van der Waals surface area contributed by atoms with E-state index in [2.05, 4.69) is 27.8 Å². The minimum absolute atomic E-state index is 0.0571. The molecule has 258 valence electrons. The van der Waals surface area contributed by atoms with E-state index in [1.54, 1.807) is 24.3 Å². The molecule has 47 heavy (non-hydrogen) atoms. The summed E-state index contributed by atoms with van der Waals surface area (Å²) in [5.74, 6) is -2.84. The van der Waals surface area contributed by atoms with E-state index in [4.69, 9.17) is 0 Å². The largest absolute Gasteiger partial charge is 0.346 e. The van der Waals surface area contributed by atoms with Crippen LogP contribution < -0.4 is 21.3 Å². The summed E-state index contributed by atoms with van der Waals surface area (Å²) in [6, 6.07) is 4.19. The van der Waals surface area contributed by atoms with Crippen molar-refractivity contribution in [2.24, 2.45) is 28.1 Å². The molecule has 0 spiro atoms. The Morgan fingerprint density at radius 1 is 0.936 bits per heavy atom. The summed E-state index contributed by atoms with van der Waals surface area (Å²) >= 11 is 0. The van der Waals surface area contributed by atoms with E-state index in [1.807, 2.05) is 68.4 Å². The maximum atomic E-state index is 14.3. The molecule has 1 aliphatic heterocycles. The van der Waals surface area contributed by atoms with E-state index in [9.17, 15) is 28.8 Å². The van der Waals surface area contributed by atoms with Crippen LogP contribution in [0.15, 0.2) is 43.0 Å². The molecule has 11 heteroatoms. The van der Waals surface area contributed by atoms with Crippen LogP contribution in [0.3, 0.4) is 0 Å². The van der Waals surface area contributed by atoms with Gasteiger partial charge in [-0.2, -0.15) is 0 Å². The van der Waals surface area contributed by atoms with Gasteiger partial charge in [0.15, 0.2) is 5.78 Å². The van der Waals surface area contributed by atoms with Crippen LogP contribution in [0, 0.1) is 28.1 Å². The predicted octanol–water partition coefficient (Wildman–Crippen LogP) is 3.64. The molecule has 1 aromatic rings. The first-order valence-electron chi connectivity index (χ1n) is 16.5. The van der Waals surface area contributed by atoms with Crippen molar-refractivity contribution in [3.63, 3.8) is 0 Å². The van der Waals surface area contributed by atoms with Gasteiger partial charge in [0.05, 0.1) is 12.1 Å². The lowest BCUT2D eigenvalue weighted by atomic mass is 9.82. The number of nitrogens with one attached hydrogen (secondary N) is 4. The van der Waals surface area contributed by atoms with E-state index in [-0.39, 0.29) is 36.0 Å². The molecule has 1 saturated heterocycles. The number of piperidine rings is 1. The number of Topliss-reactive ketones (excluding diaryl/α,β-unsaturated/α-hetero) is 2. The molecule has 1 saturated carbocycles. The summed E-state index contributed by atoms with van der Waals surface area (Å²) in [5.41, 5.74) is -1.14. The van der Waals surface area contributed by atoms with Gasteiger partial charge in [-0.15, -0.1) is 6.58 Å². The predicted molar refractivity (Wildman–Crippen MR) is 180 cm³/mol. The number of carbonyl (C=O) groups excluding carboxylic acids is 6. The smallest absolute Gasteiger partial charge is 0.316 e. The van der Waals surface area contributed by atoms with Crippen LogP contribution in [-0.2, 0) is 19.2 Å². The SMILES string of the molecule is C=CCNC(=O)C(=O)C(CCC)NC(=O)[C@@H]1[C@@H]2C(CN1C(=O)[C@@H](NC(=O)NC(C(=O)c1ccccc1)C(C)(C)C)C(C)(C)C)C2(C)C. The van der Waals surface area contributed by atoms with Gasteiger partial charge >= 0.3 is 6.03 Å². The van der Waals surface area contributed by atoms with Crippen LogP contribution in [0.4, 0.5) is 4.79 Å². The second kappa shape index (κ2) is 14.4. The summed E-state index contributed by atoms with van der Waals surface area (Å²) < 4.78 is 0. The van der Waals surface area contributed by atoms with Crippen molar-refractivity contribution in [1.29, 1.82) is 0 Å². The number of likely N-dealkylation sites (tertiary alicyclic amines) is 1. The lowest BCUT2D eigenvalue weighted by Crippen LogP contribution is -2.62. The number of fused-ring (bicyclic) bond motifs is 1. The Bertz CT molecular complexity index is 1380. The van der Waals surface area contributed by atoms with Crippen molar-refractivity contribution in [3.8, 4) is 0 Å². The minimum atomic E-state index is -1.05. The molecule has 3 rings (SSSR count). The summed E-state index contributed by atoms with van der Waals surface area (Å²) in [5, 5.41) is 10.9. The van der Waals surface area contributed by atoms with E-state index in [0.29, 0.717) is 18.5 Å². The maximum Gasteiger partial charge on any atom is 0.316 e. The zero-order valence-electron chi connectivity index (χ0n) is 29.4. The first kappa shape index (κ1) is 37.4. The number of nitrogens with zero attached hydrogens (tertiary/aromatic N) is 1. The van der Waals surface area contributed by atoms with Crippen LogP contribution in [0.2, 0.25) is 0 Å².